The molecule has 2 atom stereocenters. The van der Waals surface area contributed by atoms with Crippen molar-refractivity contribution in [2.75, 3.05) is 6.61 Å². The second-order valence-electron chi connectivity index (χ2n) is 4.15. The molecule has 92 valence electrons. The van der Waals surface area contributed by atoms with Gasteiger partial charge in [-0.3, -0.25) is 0 Å². The van der Waals surface area contributed by atoms with Crippen LogP contribution in [-0.2, 0) is 0 Å². The Labute approximate surface area is 110 Å². The van der Waals surface area contributed by atoms with Crippen LogP contribution in [0.5, 0.6) is 6.01 Å². The molecular weight excluding hydrogens is 261 g/mol. The maximum atomic E-state index is 5.66. The zero-order chi connectivity index (χ0) is 12.3. The lowest BCUT2D eigenvalue weighted by atomic mass is 9.85. The summed E-state index contributed by atoms with van der Waals surface area (Å²) < 4.78 is 5.51. The van der Waals surface area contributed by atoms with Crippen LogP contribution in [0.2, 0.25) is 10.6 Å². The van der Waals surface area contributed by atoms with Crippen LogP contribution in [0.25, 0.3) is 0 Å². The van der Waals surface area contributed by atoms with E-state index < -0.39 is 0 Å². The van der Waals surface area contributed by atoms with Gasteiger partial charge in [0.2, 0.25) is 10.6 Å². The number of halogens is 2. The first kappa shape index (κ1) is 12.6. The summed E-state index contributed by atoms with van der Waals surface area (Å²) in [7, 11) is 0. The van der Waals surface area contributed by atoms with Gasteiger partial charge in [0, 0.05) is 0 Å². The van der Waals surface area contributed by atoms with Gasteiger partial charge in [-0.2, -0.15) is 15.0 Å². The Bertz CT molecular complexity index is 405. The summed E-state index contributed by atoms with van der Waals surface area (Å²) in [6.07, 6.45) is 6.50. The molecule has 2 rings (SSSR count). The van der Waals surface area contributed by atoms with Crippen molar-refractivity contribution in [1.82, 2.24) is 15.0 Å². The third-order valence-corrected chi connectivity index (χ3v) is 3.24. The highest BCUT2D eigenvalue weighted by atomic mass is 35.5. The summed E-state index contributed by atoms with van der Waals surface area (Å²) >= 11 is 11.3. The van der Waals surface area contributed by atoms with Crippen LogP contribution in [0.15, 0.2) is 12.2 Å². The number of nitrogens with zero attached hydrogens (tertiary/aromatic N) is 3. The average Bonchev–Trinajstić information content (AvgIpc) is 2.27. The van der Waals surface area contributed by atoms with Crippen molar-refractivity contribution in [2.24, 2.45) is 11.8 Å². The molecule has 0 spiro atoms. The summed E-state index contributed by atoms with van der Waals surface area (Å²) in [5.74, 6) is 1.09. The van der Waals surface area contributed by atoms with Crippen molar-refractivity contribution in [3.63, 3.8) is 0 Å². The summed E-state index contributed by atoms with van der Waals surface area (Å²) in [6.45, 7) is 2.78. The quantitative estimate of drug-likeness (QED) is 0.794. The highest BCUT2D eigenvalue weighted by molar-refractivity contribution is 6.31. The highest BCUT2D eigenvalue weighted by Crippen LogP contribution is 2.25. The third-order valence-electron chi connectivity index (χ3n) is 2.90. The first-order chi connectivity index (χ1) is 8.15. The molecule has 2 unspecified atom stereocenters. The largest absolute Gasteiger partial charge is 0.463 e. The van der Waals surface area contributed by atoms with Crippen molar-refractivity contribution in [3.05, 3.63) is 22.7 Å². The first-order valence-corrected chi connectivity index (χ1v) is 6.25. The molecule has 0 amide bonds. The second-order valence-corrected chi connectivity index (χ2v) is 4.82. The van der Waals surface area contributed by atoms with Crippen LogP contribution in [0, 0.1) is 11.8 Å². The molecule has 0 saturated carbocycles. The number of hydrogen-bond donors (Lipinski definition) is 0. The Hall–Kier alpha value is -0.870. The van der Waals surface area contributed by atoms with Gasteiger partial charge >= 0.3 is 6.01 Å². The van der Waals surface area contributed by atoms with E-state index >= 15 is 0 Å². The molecule has 0 aromatic carbocycles. The first-order valence-electron chi connectivity index (χ1n) is 5.50. The zero-order valence-corrected chi connectivity index (χ0v) is 10.9. The van der Waals surface area contributed by atoms with Crippen LogP contribution in [0.4, 0.5) is 0 Å². The number of aromatic nitrogens is 3. The van der Waals surface area contributed by atoms with Crippen LogP contribution in [-0.4, -0.2) is 21.6 Å². The predicted octanol–water partition coefficient (Wildman–Crippen LogP) is 3.16. The fourth-order valence-electron chi connectivity index (χ4n) is 1.79. The molecule has 4 nitrogen and oxygen atoms in total. The molecule has 0 fully saturated rings. The van der Waals surface area contributed by atoms with Crippen LogP contribution in [0.3, 0.4) is 0 Å². The smallest absolute Gasteiger partial charge is 0.322 e. The van der Waals surface area contributed by atoms with E-state index in [1.165, 1.54) is 0 Å². The molecule has 1 heterocycles. The lowest BCUT2D eigenvalue weighted by Gasteiger charge is -2.24. The third kappa shape index (κ3) is 3.54. The molecule has 0 saturated heterocycles. The molecule has 1 aromatic heterocycles. The van der Waals surface area contributed by atoms with E-state index in [9.17, 15) is 0 Å². The molecule has 1 aliphatic rings. The number of rotatable bonds is 3. The fourth-order valence-corrected chi connectivity index (χ4v) is 2.14. The van der Waals surface area contributed by atoms with E-state index in [0.717, 1.165) is 12.8 Å². The van der Waals surface area contributed by atoms with Gasteiger partial charge in [-0.1, -0.05) is 19.1 Å². The standard InChI is InChI=1S/C11H13Cl2N3O/c1-7-4-2-3-5-8(7)6-17-11-15-9(12)14-10(13)16-11/h2-3,7-8H,4-6H2,1H3. The maximum absolute atomic E-state index is 5.66. The maximum Gasteiger partial charge on any atom is 0.322 e. The molecule has 1 aliphatic carbocycles. The average molecular weight is 274 g/mol. The van der Waals surface area contributed by atoms with Crippen LogP contribution in [0.1, 0.15) is 19.8 Å². The number of ether oxygens (including phenoxy) is 1. The monoisotopic (exact) mass is 273 g/mol. The van der Waals surface area contributed by atoms with Gasteiger partial charge in [0.25, 0.3) is 0 Å². The van der Waals surface area contributed by atoms with Crippen molar-refractivity contribution in [3.8, 4) is 6.01 Å². The summed E-state index contributed by atoms with van der Waals surface area (Å²) in [5.41, 5.74) is 0. The Morgan fingerprint density at radius 3 is 2.47 bits per heavy atom. The Morgan fingerprint density at radius 1 is 1.18 bits per heavy atom. The SMILES string of the molecule is CC1CC=CCC1COc1nc(Cl)nc(Cl)n1. The minimum absolute atomic E-state index is 0.0524. The molecule has 0 aliphatic heterocycles. The summed E-state index contributed by atoms with van der Waals surface area (Å²) in [5, 5.41) is 0.105. The predicted molar refractivity (Wildman–Crippen MR) is 66.4 cm³/mol. The summed E-state index contributed by atoms with van der Waals surface area (Å²) in [4.78, 5) is 11.4. The number of allylic oxidation sites excluding steroid dienone is 2. The van der Waals surface area contributed by atoms with Crippen molar-refractivity contribution in [1.29, 1.82) is 0 Å². The lowest BCUT2D eigenvalue weighted by Crippen LogP contribution is -2.21. The van der Waals surface area contributed by atoms with Gasteiger partial charge < -0.3 is 4.74 Å². The molecule has 0 bridgehead atoms. The lowest BCUT2D eigenvalue weighted by molar-refractivity contribution is 0.186. The molecule has 0 radical (unpaired) electrons. The number of hydrogen-bond acceptors (Lipinski definition) is 4. The van der Waals surface area contributed by atoms with Crippen molar-refractivity contribution < 1.29 is 4.74 Å². The highest BCUT2D eigenvalue weighted by Gasteiger charge is 2.19. The fraction of sp³-hybridized carbons (Fsp3) is 0.545. The molecule has 0 N–H and O–H groups in total. The van der Waals surface area contributed by atoms with Gasteiger partial charge in [-0.25, -0.2) is 0 Å². The van der Waals surface area contributed by atoms with Gasteiger partial charge in [0.05, 0.1) is 6.61 Å². The Kier molecular flexibility index (Phi) is 4.18. The molecule has 17 heavy (non-hydrogen) atoms. The van der Waals surface area contributed by atoms with E-state index in [1.807, 2.05) is 0 Å². The normalized spacial score (nSPS) is 23.7. The van der Waals surface area contributed by atoms with E-state index in [1.54, 1.807) is 0 Å². The molecule has 6 heteroatoms. The van der Waals surface area contributed by atoms with E-state index in [4.69, 9.17) is 27.9 Å². The molecule has 1 aromatic rings. The topological polar surface area (TPSA) is 47.9 Å². The van der Waals surface area contributed by atoms with Gasteiger partial charge in [-0.05, 0) is 47.9 Å². The Morgan fingerprint density at radius 2 is 1.82 bits per heavy atom. The molecular formula is C11H13Cl2N3O. The summed E-state index contributed by atoms with van der Waals surface area (Å²) in [6, 6.07) is 0.191. The van der Waals surface area contributed by atoms with Crippen LogP contribution < -0.4 is 4.74 Å². The van der Waals surface area contributed by atoms with E-state index in [0.29, 0.717) is 18.4 Å². The van der Waals surface area contributed by atoms with Gasteiger partial charge in [0.15, 0.2) is 0 Å². The minimum atomic E-state index is 0.0524. The minimum Gasteiger partial charge on any atom is -0.463 e. The van der Waals surface area contributed by atoms with Gasteiger partial charge in [0.1, 0.15) is 0 Å². The van der Waals surface area contributed by atoms with E-state index in [2.05, 4.69) is 34.0 Å². The zero-order valence-electron chi connectivity index (χ0n) is 9.44. The van der Waals surface area contributed by atoms with Gasteiger partial charge in [-0.15, -0.1) is 0 Å². The second kappa shape index (κ2) is 5.65. The van der Waals surface area contributed by atoms with Crippen molar-refractivity contribution in [2.45, 2.75) is 19.8 Å². The Balaban J connectivity index is 1.95. The van der Waals surface area contributed by atoms with Crippen LogP contribution >= 0.6 is 23.2 Å². The van der Waals surface area contributed by atoms with Crippen molar-refractivity contribution >= 4 is 23.2 Å². The van der Waals surface area contributed by atoms with E-state index in [-0.39, 0.29) is 16.6 Å².